The van der Waals surface area contributed by atoms with Crippen molar-refractivity contribution in [2.24, 2.45) is 17.6 Å². The van der Waals surface area contributed by atoms with Crippen LogP contribution in [-0.2, 0) is 6.54 Å². The number of fused-ring (bicyclic) bond motifs is 1. The zero-order chi connectivity index (χ0) is 14.0. The van der Waals surface area contributed by atoms with Gasteiger partial charge in [0.2, 0.25) is 0 Å². The zero-order valence-corrected chi connectivity index (χ0v) is 12.5. The van der Waals surface area contributed by atoms with Gasteiger partial charge < -0.3 is 15.4 Å². The molecule has 1 aromatic carbocycles. The fourth-order valence-corrected chi connectivity index (χ4v) is 2.52. The van der Waals surface area contributed by atoms with Crippen LogP contribution in [0.15, 0.2) is 18.2 Å². The Morgan fingerprint density at radius 2 is 2.05 bits per heavy atom. The van der Waals surface area contributed by atoms with E-state index in [9.17, 15) is 0 Å². The highest BCUT2D eigenvalue weighted by Crippen LogP contribution is 2.36. The molecule has 3 heteroatoms. The van der Waals surface area contributed by atoms with E-state index in [-0.39, 0.29) is 6.10 Å². The molecule has 0 saturated carbocycles. The first-order valence-corrected chi connectivity index (χ1v) is 7.25. The lowest BCUT2D eigenvalue weighted by atomic mass is 10.0. The summed E-state index contributed by atoms with van der Waals surface area (Å²) in [6.45, 7) is 11.6. The number of benzene rings is 1. The maximum absolute atomic E-state index is 6.15. The van der Waals surface area contributed by atoms with Gasteiger partial charge in [0.25, 0.3) is 0 Å². The van der Waals surface area contributed by atoms with Crippen molar-refractivity contribution in [3.63, 3.8) is 0 Å². The Morgan fingerprint density at radius 3 is 2.63 bits per heavy atom. The van der Waals surface area contributed by atoms with Crippen molar-refractivity contribution in [1.29, 1.82) is 0 Å². The summed E-state index contributed by atoms with van der Waals surface area (Å²) in [5.41, 5.74) is 8.07. The quantitative estimate of drug-likeness (QED) is 0.906. The average molecular weight is 262 g/mol. The molecule has 1 aliphatic heterocycles. The summed E-state index contributed by atoms with van der Waals surface area (Å²) < 4.78 is 6.15. The lowest BCUT2D eigenvalue weighted by molar-refractivity contribution is 0.144. The summed E-state index contributed by atoms with van der Waals surface area (Å²) in [5, 5.41) is 0. The van der Waals surface area contributed by atoms with Crippen LogP contribution in [0.5, 0.6) is 5.75 Å². The van der Waals surface area contributed by atoms with Gasteiger partial charge in [-0.1, -0.05) is 33.8 Å². The Bertz CT molecular complexity index is 429. The molecule has 0 radical (unpaired) electrons. The Labute approximate surface area is 116 Å². The number of hydrogen-bond donors (Lipinski definition) is 1. The third-order valence-electron chi connectivity index (χ3n) is 3.61. The smallest absolute Gasteiger partial charge is 0.143 e. The highest BCUT2D eigenvalue weighted by molar-refractivity contribution is 5.61. The summed E-state index contributed by atoms with van der Waals surface area (Å²) in [6.07, 6.45) is 0.263. The summed E-state index contributed by atoms with van der Waals surface area (Å²) in [7, 11) is 0. The van der Waals surface area contributed by atoms with Gasteiger partial charge in [0.15, 0.2) is 0 Å². The van der Waals surface area contributed by atoms with Crippen LogP contribution in [0.4, 0.5) is 5.69 Å². The van der Waals surface area contributed by atoms with E-state index in [0.29, 0.717) is 18.4 Å². The fourth-order valence-electron chi connectivity index (χ4n) is 2.52. The lowest BCUT2D eigenvalue weighted by Gasteiger charge is -2.39. The van der Waals surface area contributed by atoms with E-state index in [4.69, 9.17) is 10.5 Å². The van der Waals surface area contributed by atoms with Crippen molar-refractivity contribution in [3.8, 4) is 5.75 Å². The molecule has 0 fully saturated rings. The molecule has 0 aromatic heterocycles. The number of anilines is 1. The number of nitrogens with two attached hydrogens (primary N) is 1. The average Bonchev–Trinajstić information content (AvgIpc) is 2.37. The van der Waals surface area contributed by atoms with Gasteiger partial charge in [-0.3, -0.25) is 0 Å². The Morgan fingerprint density at radius 1 is 1.32 bits per heavy atom. The van der Waals surface area contributed by atoms with Gasteiger partial charge in [-0.2, -0.15) is 0 Å². The van der Waals surface area contributed by atoms with Gasteiger partial charge >= 0.3 is 0 Å². The van der Waals surface area contributed by atoms with E-state index in [1.807, 2.05) is 0 Å². The van der Waals surface area contributed by atoms with Crippen LogP contribution in [0, 0.1) is 11.8 Å². The van der Waals surface area contributed by atoms with Crippen LogP contribution in [0.25, 0.3) is 0 Å². The molecule has 2 N–H and O–H groups in total. The first kappa shape index (κ1) is 14.2. The third-order valence-corrected chi connectivity index (χ3v) is 3.61. The first-order chi connectivity index (χ1) is 9.01. The standard InChI is InChI=1S/C16H26N2O/c1-11(2)9-18-10-16(12(3)4)19-15-7-13(8-17)5-6-14(15)18/h5-7,11-12,16H,8-10,17H2,1-4H3. The predicted molar refractivity (Wildman–Crippen MR) is 80.6 cm³/mol. The van der Waals surface area contributed by atoms with Crippen LogP contribution < -0.4 is 15.4 Å². The maximum atomic E-state index is 6.15. The van der Waals surface area contributed by atoms with Crippen LogP contribution in [0.1, 0.15) is 33.3 Å². The van der Waals surface area contributed by atoms with Gasteiger partial charge in [-0.05, 0) is 29.5 Å². The molecule has 0 bridgehead atoms. The minimum Gasteiger partial charge on any atom is -0.486 e. The van der Waals surface area contributed by atoms with Crippen molar-refractivity contribution in [2.75, 3.05) is 18.0 Å². The fraction of sp³-hybridized carbons (Fsp3) is 0.625. The van der Waals surface area contributed by atoms with Crippen molar-refractivity contribution in [2.45, 2.75) is 40.3 Å². The van der Waals surface area contributed by atoms with E-state index >= 15 is 0 Å². The highest BCUT2D eigenvalue weighted by Gasteiger charge is 2.28. The minimum absolute atomic E-state index is 0.263. The molecule has 3 nitrogen and oxygen atoms in total. The molecule has 1 unspecified atom stereocenters. The van der Waals surface area contributed by atoms with Gasteiger partial charge in [0.1, 0.15) is 11.9 Å². The van der Waals surface area contributed by atoms with Crippen LogP contribution in [0.2, 0.25) is 0 Å². The highest BCUT2D eigenvalue weighted by atomic mass is 16.5. The number of nitrogens with zero attached hydrogens (tertiary/aromatic N) is 1. The number of rotatable bonds is 4. The molecule has 106 valence electrons. The molecule has 0 spiro atoms. The lowest BCUT2D eigenvalue weighted by Crippen LogP contribution is -2.44. The van der Waals surface area contributed by atoms with Gasteiger partial charge in [-0.15, -0.1) is 0 Å². The normalized spacial score (nSPS) is 18.7. The van der Waals surface area contributed by atoms with Crippen LogP contribution in [0.3, 0.4) is 0 Å². The summed E-state index contributed by atoms with van der Waals surface area (Å²) in [5.74, 6) is 2.16. The van der Waals surface area contributed by atoms with Crippen molar-refractivity contribution < 1.29 is 4.74 Å². The molecule has 0 saturated heterocycles. The van der Waals surface area contributed by atoms with Crippen molar-refractivity contribution >= 4 is 5.69 Å². The Kier molecular flexibility index (Phi) is 4.35. The number of hydrogen-bond acceptors (Lipinski definition) is 3. The molecule has 1 aromatic rings. The largest absolute Gasteiger partial charge is 0.486 e. The van der Waals surface area contributed by atoms with E-state index in [1.54, 1.807) is 0 Å². The maximum Gasteiger partial charge on any atom is 0.143 e. The summed E-state index contributed by atoms with van der Waals surface area (Å²) in [6, 6.07) is 6.35. The number of ether oxygens (including phenoxy) is 1. The van der Waals surface area contributed by atoms with E-state index in [0.717, 1.165) is 24.4 Å². The molecule has 0 amide bonds. The van der Waals surface area contributed by atoms with Crippen molar-refractivity contribution in [3.05, 3.63) is 23.8 Å². The molecule has 19 heavy (non-hydrogen) atoms. The minimum atomic E-state index is 0.263. The molecule has 1 aliphatic rings. The van der Waals surface area contributed by atoms with E-state index in [1.165, 1.54) is 5.69 Å². The molecular weight excluding hydrogens is 236 g/mol. The zero-order valence-electron chi connectivity index (χ0n) is 12.5. The molecule has 1 heterocycles. The van der Waals surface area contributed by atoms with Crippen molar-refractivity contribution in [1.82, 2.24) is 0 Å². The monoisotopic (exact) mass is 262 g/mol. The van der Waals surface area contributed by atoms with Gasteiger partial charge in [-0.25, -0.2) is 0 Å². The third kappa shape index (κ3) is 3.21. The second kappa shape index (κ2) is 5.83. The van der Waals surface area contributed by atoms with E-state index < -0.39 is 0 Å². The predicted octanol–water partition coefficient (Wildman–Crippen LogP) is 3.02. The molecule has 0 aliphatic carbocycles. The SMILES string of the molecule is CC(C)CN1CC(C(C)C)Oc2cc(CN)ccc21. The van der Waals surface area contributed by atoms with Gasteiger partial charge in [0.05, 0.1) is 12.2 Å². The second-order valence-corrected chi connectivity index (χ2v) is 6.21. The Hall–Kier alpha value is -1.22. The molecule has 1 atom stereocenters. The summed E-state index contributed by atoms with van der Waals surface area (Å²) in [4.78, 5) is 2.45. The van der Waals surface area contributed by atoms with Crippen LogP contribution >= 0.6 is 0 Å². The first-order valence-electron chi connectivity index (χ1n) is 7.25. The summed E-state index contributed by atoms with van der Waals surface area (Å²) >= 11 is 0. The Balaban J connectivity index is 2.31. The van der Waals surface area contributed by atoms with E-state index in [2.05, 4.69) is 50.8 Å². The molecular formula is C16H26N2O. The van der Waals surface area contributed by atoms with Gasteiger partial charge in [0, 0.05) is 13.1 Å². The topological polar surface area (TPSA) is 38.5 Å². The van der Waals surface area contributed by atoms with Crippen LogP contribution in [-0.4, -0.2) is 19.2 Å². The second-order valence-electron chi connectivity index (χ2n) is 6.21. The molecule has 2 rings (SSSR count).